The van der Waals surface area contributed by atoms with Gasteiger partial charge in [0.2, 0.25) is 0 Å². The number of aromatic amines is 1. The summed E-state index contributed by atoms with van der Waals surface area (Å²) in [7, 11) is 0. The molecule has 3 aromatic rings. The van der Waals surface area contributed by atoms with Crippen molar-refractivity contribution in [1.29, 1.82) is 0 Å². The van der Waals surface area contributed by atoms with E-state index in [1.165, 1.54) is 0 Å². The maximum atomic E-state index is 12.6. The molecule has 0 radical (unpaired) electrons. The molecule has 0 aliphatic heterocycles. The molecular formula is C18H19Cl2N3O. The molecule has 3 rings (SSSR count). The minimum Gasteiger partial charge on any atom is -0.268 e. The Hall–Kier alpha value is -1.78. The average molecular weight is 364 g/mol. The van der Waals surface area contributed by atoms with Crippen LogP contribution in [0.3, 0.4) is 0 Å². The summed E-state index contributed by atoms with van der Waals surface area (Å²) in [5.74, 6) is 0.183. The Morgan fingerprint density at radius 1 is 1.25 bits per heavy atom. The van der Waals surface area contributed by atoms with E-state index in [4.69, 9.17) is 23.2 Å². The fourth-order valence-electron chi connectivity index (χ4n) is 3.20. The summed E-state index contributed by atoms with van der Waals surface area (Å²) in [5.41, 5.74) is 3.89. The van der Waals surface area contributed by atoms with Gasteiger partial charge in [0.1, 0.15) is 0 Å². The lowest BCUT2D eigenvalue weighted by molar-refractivity contribution is 0.641. The lowest BCUT2D eigenvalue weighted by Crippen LogP contribution is -2.10. The first kappa shape index (κ1) is 17.1. The van der Waals surface area contributed by atoms with E-state index in [-0.39, 0.29) is 11.5 Å². The highest BCUT2D eigenvalue weighted by molar-refractivity contribution is 6.36. The lowest BCUT2D eigenvalue weighted by atomic mass is 9.96. The number of nitrogens with zero attached hydrogens (tertiary/aromatic N) is 2. The molecule has 6 heteroatoms. The Morgan fingerprint density at radius 2 is 1.96 bits per heavy atom. The van der Waals surface area contributed by atoms with Crippen molar-refractivity contribution in [3.05, 3.63) is 55.9 Å². The number of nitrogens with one attached hydrogen (secondary N) is 1. The van der Waals surface area contributed by atoms with E-state index >= 15 is 0 Å². The lowest BCUT2D eigenvalue weighted by Gasteiger charge is -2.13. The van der Waals surface area contributed by atoms with Crippen LogP contribution in [-0.4, -0.2) is 14.6 Å². The van der Waals surface area contributed by atoms with E-state index in [2.05, 4.69) is 23.9 Å². The van der Waals surface area contributed by atoms with Crippen molar-refractivity contribution in [1.82, 2.24) is 14.6 Å². The van der Waals surface area contributed by atoms with E-state index in [9.17, 15) is 4.79 Å². The monoisotopic (exact) mass is 363 g/mol. The number of halogens is 2. The molecule has 0 bridgehead atoms. The summed E-state index contributed by atoms with van der Waals surface area (Å²) < 4.78 is 1.75. The molecule has 1 aromatic carbocycles. The van der Waals surface area contributed by atoms with Crippen LogP contribution in [0.4, 0.5) is 0 Å². The van der Waals surface area contributed by atoms with Crippen molar-refractivity contribution in [3.8, 4) is 11.3 Å². The van der Waals surface area contributed by atoms with Crippen LogP contribution in [0.5, 0.6) is 0 Å². The van der Waals surface area contributed by atoms with E-state index in [0.717, 1.165) is 35.2 Å². The molecule has 0 saturated carbocycles. The Morgan fingerprint density at radius 3 is 2.58 bits per heavy atom. The first-order valence-electron chi connectivity index (χ1n) is 8.03. The third-order valence-electron chi connectivity index (χ3n) is 4.47. The molecular weight excluding hydrogens is 345 g/mol. The molecule has 0 spiro atoms. The molecule has 24 heavy (non-hydrogen) atoms. The second-order valence-electron chi connectivity index (χ2n) is 5.94. The van der Waals surface area contributed by atoms with Gasteiger partial charge >= 0.3 is 0 Å². The topological polar surface area (TPSA) is 50.2 Å². The van der Waals surface area contributed by atoms with Crippen molar-refractivity contribution >= 4 is 28.8 Å². The van der Waals surface area contributed by atoms with Crippen LogP contribution < -0.4 is 5.56 Å². The highest BCUT2D eigenvalue weighted by Gasteiger charge is 2.21. The van der Waals surface area contributed by atoms with Crippen LogP contribution in [0.2, 0.25) is 10.0 Å². The highest BCUT2D eigenvalue weighted by atomic mass is 35.5. The molecule has 2 heterocycles. The molecule has 4 nitrogen and oxygen atoms in total. The van der Waals surface area contributed by atoms with Gasteiger partial charge in [-0.05, 0) is 49.4 Å². The first-order valence-corrected chi connectivity index (χ1v) is 8.79. The second-order valence-corrected chi connectivity index (χ2v) is 6.78. The van der Waals surface area contributed by atoms with Gasteiger partial charge in [0.05, 0.1) is 16.3 Å². The molecule has 0 aliphatic rings. The zero-order chi connectivity index (χ0) is 17.4. The number of aryl methyl sites for hydroxylation is 1. The first-order chi connectivity index (χ1) is 11.5. The van der Waals surface area contributed by atoms with Crippen LogP contribution in [0.15, 0.2) is 29.2 Å². The van der Waals surface area contributed by atoms with E-state index in [0.29, 0.717) is 15.7 Å². The maximum absolute atomic E-state index is 12.6. The number of H-pyrrole nitrogens is 1. The van der Waals surface area contributed by atoms with Gasteiger partial charge in [0, 0.05) is 16.8 Å². The predicted molar refractivity (Wildman–Crippen MR) is 99.3 cm³/mol. The number of hydrogen-bond donors (Lipinski definition) is 1. The smallest absolute Gasteiger partial charge is 0.268 e. The van der Waals surface area contributed by atoms with Gasteiger partial charge in [-0.1, -0.05) is 37.0 Å². The van der Waals surface area contributed by atoms with Crippen LogP contribution in [0.25, 0.3) is 16.9 Å². The molecule has 1 N–H and O–H groups in total. The minimum absolute atomic E-state index is 0.0897. The molecule has 0 atom stereocenters. The van der Waals surface area contributed by atoms with Crippen molar-refractivity contribution in [2.45, 2.75) is 39.5 Å². The summed E-state index contributed by atoms with van der Waals surface area (Å²) in [6.45, 7) is 6.12. The summed E-state index contributed by atoms with van der Waals surface area (Å²) in [4.78, 5) is 17.1. The van der Waals surface area contributed by atoms with Crippen LogP contribution in [0.1, 0.15) is 43.7 Å². The molecule has 2 aromatic heterocycles. The summed E-state index contributed by atoms with van der Waals surface area (Å²) >= 11 is 12.4. The van der Waals surface area contributed by atoms with Crippen molar-refractivity contribution < 1.29 is 0 Å². The summed E-state index contributed by atoms with van der Waals surface area (Å²) in [5, 5.41) is 4.05. The van der Waals surface area contributed by atoms with Gasteiger partial charge < -0.3 is 0 Å². The molecule has 126 valence electrons. The molecule has 0 amide bonds. The fraction of sp³-hybridized carbons (Fsp3) is 0.333. The number of benzene rings is 1. The molecule has 0 aliphatic carbocycles. The van der Waals surface area contributed by atoms with E-state index < -0.39 is 0 Å². The fourth-order valence-corrected chi connectivity index (χ4v) is 3.70. The number of hydrogen-bond acceptors (Lipinski definition) is 2. The second kappa shape index (κ2) is 6.61. The molecule has 0 fully saturated rings. The maximum Gasteiger partial charge on any atom is 0.270 e. The van der Waals surface area contributed by atoms with Crippen LogP contribution in [-0.2, 0) is 0 Å². The van der Waals surface area contributed by atoms with Crippen molar-refractivity contribution in [2.75, 3.05) is 0 Å². The normalized spacial score (nSPS) is 11.6. The Labute approximate surface area is 150 Å². The predicted octanol–water partition coefficient (Wildman–Crippen LogP) is 5.21. The number of fused-ring (bicyclic) bond motifs is 1. The zero-order valence-corrected chi connectivity index (χ0v) is 15.4. The SMILES string of the molecule is CCC(CC)c1c(=O)[nH]n2c(-c3ccc(Cl)cc3Cl)c(C)cnc12. The minimum atomic E-state index is -0.0897. The van der Waals surface area contributed by atoms with Gasteiger partial charge in [-0.15, -0.1) is 0 Å². The summed E-state index contributed by atoms with van der Waals surface area (Å²) in [6, 6.07) is 5.35. The Balaban J connectivity index is 2.35. The van der Waals surface area contributed by atoms with Crippen molar-refractivity contribution in [2.24, 2.45) is 0 Å². The highest BCUT2D eigenvalue weighted by Crippen LogP contribution is 2.33. The van der Waals surface area contributed by atoms with Gasteiger partial charge in [-0.2, -0.15) is 0 Å². The van der Waals surface area contributed by atoms with Gasteiger partial charge in [-0.25, -0.2) is 9.50 Å². The Bertz CT molecular complexity index is 955. The number of rotatable bonds is 4. The molecule has 0 saturated heterocycles. The van der Waals surface area contributed by atoms with E-state index in [1.54, 1.807) is 22.8 Å². The largest absolute Gasteiger partial charge is 0.270 e. The van der Waals surface area contributed by atoms with Crippen LogP contribution >= 0.6 is 23.2 Å². The van der Waals surface area contributed by atoms with Crippen molar-refractivity contribution in [3.63, 3.8) is 0 Å². The van der Waals surface area contributed by atoms with Gasteiger partial charge in [0.25, 0.3) is 5.56 Å². The number of aromatic nitrogens is 3. The van der Waals surface area contributed by atoms with E-state index in [1.807, 2.05) is 13.0 Å². The average Bonchev–Trinajstić information content (AvgIpc) is 2.86. The summed E-state index contributed by atoms with van der Waals surface area (Å²) in [6.07, 6.45) is 3.58. The standard InChI is InChI=1S/C18H19Cl2N3O/c1-4-11(5-2)15-17-21-9-10(3)16(23(17)22-18(15)24)13-7-6-12(19)8-14(13)20/h6-9,11H,4-5H2,1-3H3,(H,22,24). The molecule has 0 unspecified atom stereocenters. The Kier molecular flexibility index (Phi) is 4.70. The third-order valence-corrected chi connectivity index (χ3v) is 5.02. The van der Waals surface area contributed by atoms with Gasteiger partial charge in [-0.3, -0.25) is 9.89 Å². The van der Waals surface area contributed by atoms with Crippen LogP contribution in [0, 0.1) is 6.92 Å². The quantitative estimate of drug-likeness (QED) is 0.691. The third kappa shape index (κ3) is 2.74. The zero-order valence-electron chi connectivity index (χ0n) is 13.9. The van der Waals surface area contributed by atoms with Gasteiger partial charge in [0.15, 0.2) is 5.65 Å².